The number of Topliss-reactive ketones (excluding diaryl/α,β-unsaturated/α-hetero) is 1. The smallest absolute Gasteiger partial charge is 0.209 e. The van der Waals surface area contributed by atoms with E-state index in [0.29, 0.717) is 13.0 Å². The fourth-order valence-electron chi connectivity index (χ4n) is 5.78. The van der Waals surface area contributed by atoms with Crippen molar-refractivity contribution in [2.24, 2.45) is 16.2 Å². The van der Waals surface area contributed by atoms with E-state index in [1.54, 1.807) is 0 Å². The van der Waals surface area contributed by atoms with Gasteiger partial charge < -0.3 is 9.47 Å². The van der Waals surface area contributed by atoms with Gasteiger partial charge in [-0.05, 0) is 34.1 Å². The summed E-state index contributed by atoms with van der Waals surface area (Å²) in [4.78, 5) is 13.6. The lowest BCUT2D eigenvalue weighted by Gasteiger charge is -2.62. The molecule has 0 amide bonds. The normalized spacial score (nSPS) is 58.5. The highest BCUT2D eigenvalue weighted by atomic mass is 35.5. The van der Waals surface area contributed by atoms with Gasteiger partial charge in [-0.1, -0.05) is 18.6 Å². The van der Waals surface area contributed by atoms with E-state index in [4.69, 9.17) is 32.7 Å². The third-order valence-electron chi connectivity index (χ3n) is 7.28. The Hall–Kier alpha value is -0.0900. The van der Waals surface area contributed by atoms with Crippen molar-refractivity contribution in [1.29, 1.82) is 0 Å². The van der Waals surface area contributed by atoms with Gasteiger partial charge in [0, 0.05) is 5.41 Å². The predicted octanol–water partition coefficient (Wildman–Crippen LogP) is 2.71. The molecule has 1 heterocycles. The molecule has 0 aromatic heterocycles. The molecule has 2 saturated carbocycles. The second kappa shape index (κ2) is 3.77. The van der Waals surface area contributed by atoms with Crippen molar-refractivity contribution >= 4 is 17.4 Å². The van der Waals surface area contributed by atoms with Gasteiger partial charge in [0.1, 0.15) is 28.0 Å². The van der Waals surface area contributed by atoms with Crippen molar-refractivity contribution < 1.29 is 25.9 Å². The SMILES string of the molecule is CC1=CC[C@@]23OC(C)(C)OC[C@@]12C(=O)[C@@]1(C)C([ClH+])C(Cl)[C@@]31C. The predicted molar refractivity (Wildman–Crippen MR) is 80.7 cm³/mol. The summed E-state index contributed by atoms with van der Waals surface area (Å²) in [5, 5.41) is -0.504. The zero-order valence-corrected chi connectivity index (χ0v) is 15.2. The third kappa shape index (κ3) is 1.11. The van der Waals surface area contributed by atoms with Gasteiger partial charge in [0.05, 0.1) is 12.0 Å². The standard InChI is InChI=1S/C17H23Cl2O3/c1-9-6-7-17-15(5)11(19)10(18)14(15,4)12(20)16(9,17)8-21-13(2,3)22-17/h6,10-11,18H,7-8H2,1-5H3/q+1/t10?,11?,14-,15-,16+,17+/m1/s1. The zero-order valence-electron chi connectivity index (χ0n) is 13.7. The Kier molecular flexibility index (Phi) is 2.64. The first-order chi connectivity index (χ1) is 10.0. The number of fused-ring (bicyclic) bond motifs is 1. The van der Waals surface area contributed by atoms with E-state index >= 15 is 0 Å². The molecule has 0 N–H and O–H groups in total. The highest BCUT2D eigenvalue weighted by Gasteiger charge is 2.93. The van der Waals surface area contributed by atoms with Gasteiger partial charge in [0.15, 0.2) is 11.6 Å². The molecule has 1 aliphatic heterocycles. The van der Waals surface area contributed by atoms with Gasteiger partial charge in [-0.2, -0.15) is 0 Å². The number of ketones is 1. The van der Waals surface area contributed by atoms with E-state index in [2.05, 4.69) is 13.0 Å². The number of rotatable bonds is 0. The monoisotopic (exact) mass is 345 g/mol. The van der Waals surface area contributed by atoms with Crippen molar-refractivity contribution in [3.8, 4) is 0 Å². The van der Waals surface area contributed by atoms with Crippen molar-refractivity contribution in [3.63, 3.8) is 0 Å². The second-order valence-corrected chi connectivity index (χ2v) is 9.15. The molecule has 4 aliphatic rings. The van der Waals surface area contributed by atoms with Crippen LogP contribution in [0.25, 0.3) is 0 Å². The summed E-state index contributed by atoms with van der Waals surface area (Å²) < 4.78 is 12.5. The summed E-state index contributed by atoms with van der Waals surface area (Å²) in [5.74, 6) is -0.555. The van der Waals surface area contributed by atoms with Crippen LogP contribution in [0, 0.1) is 27.8 Å². The van der Waals surface area contributed by atoms with Crippen LogP contribution in [0.3, 0.4) is 0 Å². The van der Waals surface area contributed by atoms with Crippen LogP contribution in [0.1, 0.15) is 41.0 Å². The maximum Gasteiger partial charge on any atom is 0.209 e. The lowest BCUT2D eigenvalue weighted by Crippen LogP contribution is -2.74. The summed E-state index contributed by atoms with van der Waals surface area (Å²) in [5.41, 5.74) is -1.42. The van der Waals surface area contributed by atoms with Gasteiger partial charge in [-0.15, -0.1) is 11.6 Å². The number of hydrogen-bond donors (Lipinski definition) is 0. The molecular weight excluding hydrogens is 323 g/mol. The Morgan fingerprint density at radius 2 is 1.95 bits per heavy atom. The highest BCUT2D eigenvalue weighted by Crippen LogP contribution is 2.80. The number of carbonyl (C=O) groups is 1. The van der Waals surface area contributed by atoms with Crippen molar-refractivity contribution in [2.45, 2.75) is 63.2 Å². The minimum atomic E-state index is -0.729. The van der Waals surface area contributed by atoms with Gasteiger partial charge in [0.2, 0.25) is 5.38 Å². The third-order valence-corrected chi connectivity index (χ3v) is 8.86. The molecular formula is C17H23Cl2O3+. The van der Waals surface area contributed by atoms with Gasteiger partial charge in [-0.25, -0.2) is 0 Å². The lowest BCUT2D eigenvalue weighted by atomic mass is 9.47. The van der Waals surface area contributed by atoms with Crippen LogP contribution in [-0.2, 0) is 14.3 Å². The van der Waals surface area contributed by atoms with Gasteiger partial charge in [-0.3, -0.25) is 4.79 Å². The maximum atomic E-state index is 13.6. The lowest BCUT2D eigenvalue weighted by molar-refractivity contribution is -0.494. The maximum absolute atomic E-state index is 13.6. The van der Waals surface area contributed by atoms with E-state index in [1.165, 1.54) is 0 Å². The summed E-state index contributed by atoms with van der Waals surface area (Å²) in [7, 11) is 0. The van der Waals surface area contributed by atoms with Crippen LogP contribution in [0.5, 0.6) is 0 Å². The first-order valence-corrected chi connectivity index (χ1v) is 8.78. The molecule has 3 nitrogen and oxygen atoms in total. The van der Waals surface area contributed by atoms with E-state index < -0.39 is 27.6 Å². The molecule has 6 atom stereocenters. The molecule has 0 radical (unpaired) electrons. The Labute approximate surface area is 141 Å². The van der Waals surface area contributed by atoms with Crippen LogP contribution in [0.15, 0.2) is 11.6 Å². The average Bonchev–Trinajstić information content (AvgIpc) is 2.81. The number of carbonyl (C=O) groups excluding carboxylic acids is 1. The van der Waals surface area contributed by atoms with Crippen molar-refractivity contribution in [3.05, 3.63) is 11.6 Å². The Balaban J connectivity index is 2.02. The molecule has 22 heavy (non-hydrogen) atoms. The fraction of sp³-hybridized carbons (Fsp3) is 0.824. The number of hydrogen-bond acceptors (Lipinski definition) is 3. The molecule has 0 aromatic carbocycles. The molecule has 0 aromatic rings. The van der Waals surface area contributed by atoms with Crippen molar-refractivity contribution in [1.82, 2.24) is 0 Å². The quantitative estimate of drug-likeness (QED) is 0.500. The van der Waals surface area contributed by atoms with Crippen molar-refractivity contribution in [2.75, 3.05) is 6.61 Å². The number of ether oxygens (including phenoxy) is 2. The highest BCUT2D eigenvalue weighted by molar-refractivity contribution is 6.24. The zero-order chi connectivity index (χ0) is 16.3. The van der Waals surface area contributed by atoms with Crippen LogP contribution in [-0.4, -0.2) is 34.5 Å². The molecule has 2 unspecified atom stereocenters. The summed E-state index contributed by atoms with van der Waals surface area (Å²) in [6.45, 7) is 10.3. The van der Waals surface area contributed by atoms with Crippen LogP contribution >= 0.6 is 11.6 Å². The minimum Gasteiger partial charge on any atom is -0.349 e. The first-order valence-electron chi connectivity index (χ1n) is 7.87. The Bertz CT molecular complexity index is 629. The molecule has 122 valence electrons. The molecule has 1 saturated heterocycles. The molecule has 4 rings (SSSR count). The number of halogens is 2. The van der Waals surface area contributed by atoms with E-state index in [0.717, 1.165) is 5.57 Å². The average molecular weight is 346 g/mol. The second-order valence-electron chi connectivity index (χ2n) is 8.17. The van der Waals surface area contributed by atoms with Crippen LogP contribution in [0.2, 0.25) is 0 Å². The Morgan fingerprint density at radius 1 is 1.32 bits per heavy atom. The molecule has 0 bridgehead atoms. The minimum absolute atomic E-state index is 0.168. The fourth-order valence-corrected chi connectivity index (χ4v) is 7.05. The summed E-state index contributed by atoms with van der Waals surface area (Å²) in [6.07, 6.45) is 2.84. The molecule has 5 heteroatoms. The number of alkyl halides is 2. The topological polar surface area (TPSA) is 35.5 Å². The molecule has 3 fully saturated rings. The largest absolute Gasteiger partial charge is 0.349 e. The summed E-state index contributed by atoms with van der Waals surface area (Å²) >= 11 is 12.3. The van der Waals surface area contributed by atoms with E-state index in [9.17, 15) is 4.79 Å². The van der Waals surface area contributed by atoms with E-state index in [-0.39, 0.29) is 16.5 Å². The molecule has 0 spiro atoms. The Morgan fingerprint density at radius 3 is 2.59 bits per heavy atom. The van der Waals surface area contributed by atoms with Crippen LogP contribution in [0.4, 0.5) is 0 Å². The molecule has 3 aliphatic carbocycles. The first kappa shape index (κ1) is 15.4. The van der Waals surface area contributed by atoms with E-state index in [1.807, 2.05) is 27.7 Å². The van der Waals surface area contributed by atoms with Gasteiger partial charge >= 0.3 is 0 Å². The summed E-state index contributed by atoms with van der Waals surface area (Å²) in [6, 6.07) is 0. The van der Waals surface area contributed by atoms with Gasteiger partial charge in [0.25, 0.3) is 0 Å². The van der Waals surface area contributed by atoms with Crippen LogP contribution < -0.4 is 0 Å².